The summed E-state index contributed by atoms with van der Waals surface area (Å²) in [5, 5.41) is 14.7. The van der Waals surface area contributed by atoms with Crippen LogP contribution in [0.1, 0.15) is 68.7 Å². The van der Waals surface area contributed by atoms with E-state index in [0.29, 0.717) is 31.7 Å². The first-order valence-corrected chi connectivity index (χ1v) is 20.3. The van der Waals surface area contributed by atoms with E-state index in [1.807, 2.05) is 70.4 Å². The van der Waals surface area contributed by atoms with Gasteiger partial charge in [-0.15, -0.1) is 0 Å². The maximum atomic E-state index is 13.8. The second-order valence-corrected chi connectivity index (χ2v) is 16.6. The van der Waals surface area contributed by atoms with Gasteiger partial charge in [0.1, 0.15) is 22.8 Å². The Morgan fingerprint density at radius 2 is 1.66 bits per heavy atom. The summed E-state index contributed by atoms with van der Waals surface area (Å²) in [4.78, 5) is 45.3. The molecule has 2 aliphatic heterocycles. The minimum atomic E-state index is -0.509. The van der Waals surface area contributed by atoms with Gasteiger partial charge >= 0.3 is 5.97 Å². The van der Waals surface area contributed by atoms with E-state index < -0.39 is 5.60 Å². The lowest BCUT2D eigenvalue weighted by molar-refractivity contribution is -0.161. The van der Waals surface area contributed by atoms with Crippen LogP contribution >= 0.6 is 0 Å². The number of carbonyl (C=O) groups is 1. The third-order valence-electron chi connectivity index (χ3n) is 11.4. The van der Waals surface area contributed by atoms with Gasteiger partial charge in [0, 0.05) is 54.9 Å². The molecule has 6 heterocycles. The number of ether oxygens (including phenoxy) is 1. The summed E-state index contributed by atoms with van der Waals surface area (Å²) in [7, 11) is 0. The lowest BCUT2D eigenvalue weighted by Crippen LogP contribution is -2.40. The Morgan fingerprint density at radius 3 is 2.40 bits per heavy atom. The zero-order valence-electron chi connectivity index (χ0n) is 34.0. The van der Waals surface area contributed by atoms with Crippen LogP contribution in [0.5, 0.6) is 0 Å². The van der Waals surface area contributed by atoms with Crippen molar-refractivity contribution < 1.29 is 13.9 Å². The Labute approximate surface area is 338 Å². The number of oxazole rings is 1. The van der Waals surface area contributed by atoms with Crippen LogP contribution in [0.3, 0.4) is 0 Å². The molecule has 1 N–H and O–H groups in total. The number of nitriles is 1. The molecule has 12 nitrogen and oxygen atoms in total. The van der Waals surface area contributed by atoms with E-state index in [4.69, 9.17) is 19.1 Å². The molecule has 6 aromatic rings. The number of anilines is 2. The van der Waals surface area contributed by atoms with Gasteiger partial charge in [-0.3, -0.25) is 19.5 Å². The summed E-state index contributed by atoms with van der Waals surface area (Å²) in [6.45, 7) is 15.4. The predicted molar refractivity (Wildman–Crippen MR) is 226 cm³/mol. The molecule has 2 aliphatic rings. The number of hydrogen-bond donors (Lipinski definition) is 1. The van der Waals surface area contributed by atoms with Crippen LogP contribution in [-0.2, 0) is 22.6 Å². The molecule has 0 radical (unpaired) electrons. The molecule has 0 atom stereocenters. The molecule has 0 amide bonds. The number of carbonyl (C=O) groups excluding carboxylic acids is 1. The first-order valence-electron chi connectivity index (χ1n) is 20.3. The average molecular weight is 779 g/mol. The zero-order valence-corrected chi connectivity index (χ0v) is 34.0. The van der Waals surface area contributed by atoms with E-state index in [1.165, 1.54) is 18.4 Å². The van der Waals surface area contributed by atoms with Gasteiger partial charge in [-0.1, -0.05) is 24.3 Å². The number of likely N-dealkylation sites (tertiary alicyclic amines) is 2. The van der Waals surface area contributed by atoms with Gasteiger partial charge in [0.15, 0.2) is 16.9 Å². The molecule has 0 saturated carbocycles. The Morgan fingerprint density at radius 1 is 0.931 bits per heavy atom. The van der Waals surface area contributed by atoms with Crippen molar-refractivity contribution in [2.45, 2.75) is 79.0 Å². The van der Waals surface area contributed by atoms with Crippen molar-refractivity contribution >= 4 is 39.5 Å². The highest BCUT2D eigenvalue weighted by atomic mass is 16.6. The van der Waals surface area contributed by atoms with Crippen LogP contribution in [0.4, 0.5) is 11.5 Å². The third-order valence-corrected chi connectivity index (χ3v) is 11.4. The van der Waals surface area contributed by atoms with Gasteiger partial charge < -0.3 is 23.9 Å². The molecule has 2 aromatic carbocycles. The van der Waals surface area contributed by atoms with Crippen molar-refractivity contribution in [3.8, 4) is 28.7 Å². The topological polar surface area (TPSA) is 142 Å². The normalized spacial score (nSPS) is 15.6. The lowest BCUT2D eigenvalue weighted by atomic mass is 9.93. The van der Waals surface area contributed by atoms with Crippen molar-refractivity contribution in [2.24, 2.45) is 5.92 Å². The Kier molecular flexibility index (Phi) is 10.8. The lowest BCUT2D eigenvalue weighted by Gasteiger charge is -2.32. The number of hydrogen-bond acceptors (Lipinski definition) is 11. The molecule has 298 valence electrons. The summed E-state index contributed by atoms with van der Waals surface area (Å²) in [5.41, 5.74) is 7.40. The van der Waals surface area contributed by atoms with Gasteiger partial charge in [0.05, 0.1) is 5.92 Å². The maximum absolute atomic E-state index is 13.8. The highest BCUT2D eigenvalue weighted by Gasteiger charge is 2.29. The smallest absolute Gasteiger partial charge is 0.309 e. The van der Waals surface area contributed by atoms with Gasteiger partial charge in [-0.05, 0) is 139 Å². The monoisotopic (exact) mass is 778 g/mol. The second-order valence-electron chi connectivity index (χ2n) is 16.6. The van der Waals surface area contributed by atoms with Crippen LogP contribution in [0.25, 0.3) is 44.6 Å². The number of rotatable bonds is 10. The van der Waals surface area contributed by atoms with E-state index in [9.17, 15) is 14.9 Å². The van der Waals surface area contributed by atoms with E-state index in [-0.39, 0.29) is 40.0 Å². The SMILES string of the molecule is Cc1c(Nc2nccc3cc(CN4CCCC4)cnc23)cccc1-c1cccc(-c2nc3c(=O)n(CCN4CCC(C(=O)OC(C)(C)C)CC4)cc(C#N)c3o2)c1C. The summed E-state index contributed by atoms with van der Waals surface area (Å²) in [5.74, 6) is 0.711. The van der Waals surface area contributed by atoms with Gasteiger partial charge in [0.2, 0.25) is 5.89 Å². The average Bonchev–Trinajstić information content (AvgIpc) is 3.89. The first kappa shape index (κ1) is 38.9. The highest BCUT2D eigenvalue weighted by Crippen LogP contribution is 2.37. The molecule has 58 heavy (non-hydrogen) atoms. The summed E-state index contributed by atoms with van der Waals surface area (Å²) >= 11 is 0. The Hall–Kier alpha value is -5.90. The molecular formula is C46H50N8O4. The summed E-state index contributed by atoms with van der Waals surface area (Å²) in [6.07, 6.45) is 9.27. The van der Waals surface area contributed by atoms with E-state index >= 15 is 0 Å². The molecular weight excluding hydrogens is 729 g/mol. The van der Waals surface area contributed by atoms with Crippen LogP contribution in [0, 0.1) is 31.1 Å². The molecule has 0 aliphatic carbocycles. The number of esters is 1. The standard InChI is InChI=1S/C46H50N8O4/c1-29-35(36-11-9-13-38(30(36)2)50-42-39-33(14-17-48-42)24-31(26-49-39)27-53-18-6-7-19-53)10-8-12-37(29)43-51-40-41(57-43)34(25-47)28-54(44(40)55)23-22-52-20-15-32(16-21-52)45(56)58-46(3,4)5/h8-14,17,24,26,28,32H,6-7,15-16,18-23,27H2,1-5H3,(H,48,50). The molecule has 0 unspecified atom stereocenters. The summed E-state index contributed by atoms with van der Waals surface area (Å²) < 4.78 is 13.4. The number of benzene rings is 2. The van der Waals surface area contributed by atoms with Gasteiger partial charge in [-0.25, -0.2) is 9.97 Å². The van der Waals surface area contributed by atoms with Crippen LogP contribution in [-0.4, -0.2) is 73.6 Å². The van der Waals surface area contributed by atoms with Gasteiger partial charge in [-0.2, -0.15) is 5.26 Å². The molecule has 2 saturated heterocycles. The molecule has 0 spiro atoms. The first-order chi connectivity index (χ1) is 28.0. The minimum absolute atomic E-state index is 0.122. The van der Waals surface area contributed by atoms with E-state index in [0.717, 1.165) is 77.1 Å². The number of nitrogens with zero attached hydrogens (tertiary/aromatic N) is 7. The largest absolute Gasteiger partial charge is 0.460 e. The molecule has 2 fully saturated rings. The van der Waals surface area contributed by atoms with E-state index in [2.05, 4.69) is 51.3 Å². The van der Waals surface area contributed by atoms with Crippen molar-refractivity contribution in [3.63, 3.8) is 0 Å². The molecule has 8 rings (SSSR count). The van der Waals surface area contributed by atoms with Gasteiger partial charge in [0.25, 0.3) is 5.56 Å². The Bertz CT molecular complexity index is 2600. The number of piperidine rings is 1. The van der Waals surface area contributed by atoms with Crippen LogP contribution < -0.4 is 10.9 Å². The van der Waals surface area contributed by atoms with Crippen molar-refractivity contribution in [3.05, 3.63) is 99.7 Å². The quantitative estimate of drug-likeness (QED) is 0.135. The van der Waals surface area contributed by atoms with Crippen LogP contribution in [0.2, 0.25) is 0 Å². The predicted octanol–water partition coefficient (Wildman–Crippen LogP) is 8.15. The maximum Gasteiger partial charge on any atom is 0.309 e. The fraction of sp³-hybridized carbons (Fsp3) is 0.391. The molecule has 4 aromatic heterocycles. The fourth-order valence-corrected chi connectivity index (χ4v) is 8.28. The number of nitrogens with one attached hydrogen (secondary N) is 1. The molecule has 12 heteroatoms. The van der Waals surface area contributed by atoms with E-state index in [1.54, 1.807) is 10.8 Å². The van der Waals surface area contributed by atoms with Crippen molar-refractivity contribution in [1.82, 2.24) is 29.3 Å². The second kappa shape index (κ2) is 16.2. The number of fused-ring (bicyclic) bond motifs is 2. The van der Waals surface area contributed by atoms with Crippen LogP contribution in [0.15, 0.2) is 76.3 Å². The fourth-order valence-electron chi connectivity index (χ4n) is 8.28. The molecule has 0 bridgehead atoms. The van der Waals surface area contributed by atoms with Crippen molar-refractivity contribution in [2.75, 3.05) is 38.0 Å². The van der Waals surface area contributed by atoms with Crippen molar-refractivity contribution in [1.29, 1.82) is 5.26 Å². The summed E-state index contributed by atoms with van der Waals surface area (Å²) in [6, 6.07) is 18.5. The zero-order chi connectivity index (χ0) is 40.6. The number of aromatic nitrogens is 4. The Balaban J connectivity index is 1.02. The number of pyridine rings is 3. The third kappa shape index (κ3) is 8.10. The highest BCUT2D eigenvalue weighted by molar-refractivity contribution is 5.91. The minimum Gasteiger partial charge on any atom is -0.460 e.